The lowest BCUT2D eigenvalue weighted by molar-refractivity contribution is -0.384. The van der Waals surface area contributed by atoms with Crippen LogP contribution in [0.15, 0.2) is 66.9 Å². The van der Waals surface area contributed by atoms with Crippen molar-refractivity contribution in [1.29, 1.82) is 0 Å². The summed E-state index contributed by atoms with van der Waals surface area (Å²) in [6.07, 6.45) is 0.803. The lowest BCUT2D eigenvalue weighted by atomic mass is 10.2. The number of aromatic nitrogens is 1. The molecule has 1 aliphatic heterocycles. The minimum absolute atomic E-state index is 0.0661. The fourth-order valence-electron chi connectivity index (χ4n) is 3.21. The van der Waals surface area contributed by atoms with E-state index in [1.54, 1.807) is 18.3 Å². The van der Waals surface area contributed by atoms with E-state index < -0.39 is 16.9 Å². The van der Waals surface area contributed by atoms with Gasteiger partial charge in [-0.2, -0.15) is 0 Å². The average molecular weight is 378 g/mol. The van der Waals surface area contributed by atoms with E-state index in [0.717, 1.165) is 23.8 Å². The van der Waals surface area contributed by atoms with Gasteiger partial charge in [-0.05, 0) is 23.8 Å². The number of nitrogens with one attached hydrogen (secondary N) is 1. The van der Waals surface area contributed by atoms with Crippen molar-refractivity contribution < 1.29 is 14.1 Å². The van der Waals surface area contributed by atoms with E-state index in [1.165, 1.54) is 4.90 Å². The SMILES string of the molecule is O=C1c2cccnc2C(Nc2cc([N+](=O)[O-])ccc2F)N1Cc1ccccc1. The number of hydrogen-bond donors (Lipinski definition) is 1. The van der Waals surface area contributed by atoms with Crippen molar-refractivity contribution in [3.63, 3.8) is 0 Å². The summed E-state index contributed by atoms with van der Waals surface area (Å²) in [6, 6.07) is 15.9. The highest BCUT2D eigenvalue weighted by Gasteiger charge is 2.38. The Kier molecular flexibility index (Phi) is 4.44. The Labute approximate surface area is 159 Å². The zero-order valence-electron chi connectivity index (χ0n) is 14.6. The number of amides is 1. The number of nitro groups is 1. The van der Waals surface area contributed by atoms with Gasteiger partial charge in [0.1, 0.15) is 12.0 Å². The predicted octanol–water partition coefficient (Wildman–Crippen LogP) is 3.90. The lowest BCUT2D eigenvalue weighted by Gasteiger charge is -2.26. The Morgan fingerprint density at radius 3 is 2.68 bits per heavy atom. The van der Waals surface area contributed by atoms with Crippen LogP contribution < -0.4 is 5.32 Å². The van der Waals surface area contributed by atoms with Crippen molar-refractivity contribution >= 4 is 17.3 Å². The van der Waals surface area contributed by atoms with Crippen LogP contribution in [0.5, 0.6) is 0 Å². The van der Waals surface area contributed by atoms with E-state index in [1.807, 2.05) is 30.3 Å². The Balaban J connectivity index is 1.72. The minimum atomic E-state index is -0.750. The summed E-state index contributed by atoms with van der Waals surface area (Å²) in [5.41, 5.74) is 1.46. The number of carbonyl (C=O) groups is 1. The number of fused-ring (bicyclic) bond motifs is 1. The molecule has 8 heteroatoms. The molecule has 0 saturated heterocycles. The van der Waals surface area contributed by atoms with E-state index >= 15 is 0 Å². The molecule has 1 aromatic heterocycles. The van der Waals surface area contributed by atoms with Crippen LogP contribution in [0, 0.1) is 15.9 Å². The van der Waals surface area contributed by atoms with Crippen LogP contribution in [0.4, 0.5) is 15.8 Å². The third kappa shape index (κ3) is 3.16. The minimum Gasteiger partial charge on any atom is -0.357 e. The monoisotopic (exact) mass is 378 g/mol. The molecule has 7 nitrogen and oxygen atoms in total. The van der Waals surface area contributed by atoms with Gasteiger partial charge in [-0.1, -0.05) is 30.3 Å². The molecule has 0 fully saturated rings. The van der Waals surface area contributed by atoms with E-state index in [9.17, 15) is 19.3 Å². The number of carbonyl (C=O) groups excluding carboxylic acids is 1. The number of benzene rings is 2. The molecule has 0 aliphatic carbocycles. The van der Waals surface area contributed by atoms with Crippen LogP contribution in [-0.4, -0.2) is 20.7 Å². The fourth-order valence-corrected chi connectivity index (χ4v) is 3.21. The van der Waals surface area contributed by atoms with Gasteiger partial charge in [0, 0.05) is 24.9 Å². The first-order valence-electron chi connectivity index (χ1n) is 8.55. The Bertz CT molecular complexity index is 1060. The molecule has 2 aromatic carbocycles. The second-order valence-electron chi connectivity index (χ2n) is 6.32. The van der Waals surface area contributed by atoms with Gasteiger partial charge >= 0.3 is 0 Å². The molecule has 1 unspecified atom stereocenters. The van der Waals surface area contributed by atoms with Gasteiger partial charge in [0.15, 0.2) is 0 Å². The molecule has 1 N–H and O–H groups in total. The molecule has 1 amide bonds. The van der Waals surface area contributed by atoms with Gasteiger partial charge in [-0.3, -0.25) is 19.9 Å². The van der Waals surface area contributed by atoms with E-state index in [0.29, 0.717) is 11.3 Å². The van der Waals surface area contributed by atoms with E-state index in [-0.39, 0.29) is 23.8 Å². The third-order valence-electron chi connectivity index (χ3n) is 4.55. The quantitative estimate of drug-likeness (QED) is 0.537. The molecule has 4 rings (SSSR count). The second kappa shape index (κ2) is 7.07. The van der Waals surface area contributed by atoms with Gasteiger partial charge < -0.3 is 10.2 Å². The van der Waals surface area contributed by atoms with Crippen LogP contribution in [0.3, 0.4) is 0 Å². The highest BCUT2D eigenvalue weighted by atomic mass is 19.1. The summed E-state index contributed by atoms with van der Waals surface area (Å²) < 4.78 is 14.3. The predicted molar refractivity (Wildman–Crippen MR) is 100.0 cm³/mol. The molecule has 1 aliphatic rings. The summed E-state index contributed by atoms with van der Waals surface area (Å²) in [4.78, 5) is 29.2. The van der Waals surface area contributed by atoms with Crippen LogP contribution in [0.25, 0.3) is 0 Å². The Hall–Kier alpha value is -3.81. The smallest absolute Gasteiger partial charge is 0.271 e. The first kappa shape index (κ1) is 17.6. The molecule has 140 valence electrons. The number of rotatable bonds is 5. The number of nitro benzene ring substituents is 1. The number of anilines is 1. The van der Waals surface area contributed by atoms with Crippen LogP contribution in [-0.2, 0) is 6.54 Å². The molecule has 1 atom stereocenters. The van der Waals surface area contributed by atoms with Gasteiger partial charge in [0.2, 0.25) is 0 Å². The van der Waals surface area contributed by atoms with Crippen molar-refractivity contribution in [3.05, 3.63) is 99.6 Å². The maximum Gasteiger partial charge on any atom is 0.271 e. The van der Waals surface area contributed by atoms with Gasteiger partial charge in [0.25, 0.3) is 11.6 Å². The Morgan fingerprint density at radius 2 is 1.93 bits per heavy atom. The van der Waals surface area contributed by atoms with Gasteiger partial charge in [-0.25, -0.2) is 4.39 Å². The second-order valence-corrected chi connectivity index (χ2v) is 6.32. The van der Waals surface area contributed by atoms with E-state index in [4.69, 9.17) is 0 Å². The van der Waals surface area contributed by atoms with Gasteiger partial charge in [-0.15, -0.1) is 0 Å². The fraction of sp³-hybridized carbons (Fsp3) is 0.100. The van der Waals surface area contributed by atoms with Crippen molar-refractivity contribution in [2.45, 2.75) is 12.7 Å². The number of hydrogen-bond acceptors (Lipinski definition) is 5. The summed E-state index contributed by atoms with van der Waals surface area (Å²) >= 11 is 0. The summed E-state index contributed by atoms with van der Waals surface area (Å²) in [6.45, 7) is 0.282. The molecular weight excluding hydrogens is 363 g/mol. The molecular formula is C20H15FN4O3. The lowest BCUT2D eigenvalue weighted by Crippen LogP contribution is -2.32. The highest BCUT2D eigenvalue weighted by molar-refractivity contribution is 5.98. The zero-order chi connectivity index (χ0) is 19.7. The van der Waals surface area contributed by atoms with Crippen LogP contribution in [0.2, 0.25) is 0 Å². The molecule has 0 bridgehead atoms. The summed E-state index contributed by atoms with van der Waals surface area (Å²) in [7, 11) is 0. The van der Waals surface area contributed by atoms with Crippen molar-refractivity contribution in [2.24, 2.45) is 0 Å². The number of pyridine rings is 1. The highest BCUT2D eigenvalue weighted by Crippen LogP contribution is 2.35. The topological polar surface area (TPSA) is 88.4 Å². The number of non-ortho nitro benzene ring substituents is 1. The molecule has 3 aromatic rings. The van der Waals surface area contributed by atoms with Crippen LogP contribution >= 0.6 is 0 Å². The van der Waals surface area contributed by atoms with Crippen molar-refractivity contribution in [3.8, 4) is 0 Å². The zero-order valence-corrected chi connectivity index (χ0v) is 14.6. The first-order chi connectivity index (χ1) is 13.5. The Morgan fingerprint density at radius 1 is 1.14 bits per heavy atom. The molecule has 0 saturated carbocycles. The standard InChI is InChI=1S/C20H15FN4O3/c21-16-9-8-14(25(27)28)11-17(16)23-19-18-15(7-4-10-22-18)20(26)24(19)12-13-5-2-1-3-6-13/h1-11,19,23H,12H2. The maximum absolute atomic E-state index is 14.3. The molecule has 28 heavy (non-hydrogen) atoms. The van der Waals surface area contributed by atoms with Crippen LogP contribution in [0.1, 0.15) is 27.8 Å². The summed E-state index contributed by atoms with van der Waals surface area (Å²) in [5.74, 6) is -0.891. The average Bonchev–Trinajstić information content (AvgIpc) is 2.96. The maximum atomic E-state index is 14.3. The van der Waals surface area contributed by atoms with Crippen molar-refractivity contribution in [1.82, 2.24) is 9.88 Å². The molecule has 0 spiro atoms. The van der Waals surface area contributed by atoms with E-state index in [2.05, 4.69) is 10.3 Å². The first-order valence-corrected chi connectivity index (χ1v) is 8.55. The normalized spacial score (nSPS) is 15.4. The molecule has 0 radical (unpaired) electrons. The largest absolute Gasteiger partial charge is 0.357 e. The third-order valence-corrected chi connectivity index (χ3v) is 4.55. The number of halogens is 1. The van der Waals surface area contributed by atoms with Crippen molar-refractivity contribution in [2.75, 3.05) is 5.32 Å². The van der Waals surface area contributed by atoms with Gasteiger partial charge in [0.05, 0.1) is 21.9 Å². The summed E-state index contributed by atoms with van der Waals surface area (Å²) in [5, 5.41) is 14.0. The molecule has 2 heterocycles. The number of nitrogens with zero attached hydrogens (tertiary/aromatic N) is 3.